The minimum atomic E-state index is -1.14. The van der Waals surface area contributed by atoms with E-state index >= 15 is 0 Å². The number of fused-ring (bicyclic) bond motifs is 3. The monoisotopic (exact) mass is 482 g/mol. The zero-order valence-corrected chi connectivity index (χ0v) is 19.5. The molecule has 9 nitrogen and oxygen atoms in total. The van der Waals surface area contributed by atoms with Gasteiger partial charge >= 0.3 is 12.1 Å². The van der Waals surface area contributed by atoms with Crippen molar-refractivity contribution in [3.8, 4) is 11.1 Å². The van der Waals surface area contributed by atoms with Gasteiger partial charge in [0, 0.05) is 38.5 Å². The lowest BCUT2D eigenvalue weighted by Gasteiger charge is -2.36. The average molecular weight is 483 g/mol. The molecular formula is C26H30N2O7. The molecule has 35 heavy (non-hydrogen) atoms. The van der Waals surface area contributed by atoms with Gasteiger partial charge in [-0.15, -0.1) is 0 Å². The summed E-state index contributed by atoms with van der Waals surface area (Å²) in [4.78, 5) is 36.4. The van der Waals surface area contributed by atoms with Crippen molar-refractivity contribution in [2.24, 2.45) is 0 Å². The first-order chi connectivity index (χ1) is 17.0. The Kier molecular flexibility index (Phi) is 7.99. The number of carboxylic acids is 1. The quantitative estimate of drug-likeness (QED) is 0.445. The second kappa shape index (κ2) is 11.3. The number of ether oxygens (including phenoxy) is 3. The van der Waals surface area contributed by atoms with Crippen molar-refractivity contribution in [3.05, 3.63) is 59.7 Å². The summed E-state index contributed by atoms with van der Waals surface area (Å²) in [5, 5.41) is 14.2. The van der Waals surface area contributed by atoms with Gasteiger partial charge in [-0.2, -0.15) is 0 Å². The van der Waals surface area contributed by atoms with Crippen molar-refractivity contribution in [1.82, 2.24) is 10.6 Å². The van der Waals surface area contributed by atoms with Gasteiger partial charge in [-0.1, -0.05) is 48.5 Å². The van der Waals surface area contributed by atoms with Gasteiger partial charge in [-0.05, 0) is 22.3 Å². The normalized spacial score (nSPS) is 16.1. The number of hydrogen-bond acceptors (Lipinski definition) is 6. The molecule has 0 bridgehead atoms. The van der Waals surface area contributed by atoms with Gasteiger partial charge in [0.2, 0.25) is 5.91 Å². The summed E-state index contributed by atoms with van der Waals surface area (Å²) < 4.78 is 16.3. The van der Waals surface area contributed by atoms with Crippen LogP contribution in [0.4, 0.5) is 4.79 Å². The molecule has 1 fully saturated rings. The molecule has 2 aliphatic rings. The predicted molar refractivity (Wildman–Crippen MR) is 127 cm³/mol. The minimum absolute atomic E-state index is 0.0716. The Balaban J connectivity index is 1.34. The topological polar surface area (TPSA) is 123 Å². The van der Waals surface area contributed by atoms with Crippen LogP contribution in [0.15, 0.2) is 48.5 Å². The molecule has 0 unspecified atom stereocenters. The van der Waals surface area contributed by atoms with Crippen molar-refractivity contribution in [1.29, 1.82) is 0 Å². The molecule has 0 atom stereocenters. The number of carboxylic acid groups (broad SMARTS) is 1. The Hall–Kier alpha value is -3.43. The molecule has 2 amide bonds. The molecule has 1 heterocycles. The van der Waals surface area contributed by atoms with Gasteiger partial charge in [-0.25, -0.2) is 4.79 Å². The highest BCUT2D eigenvalue weighted by molar-refractivity contribution is 5.90. The molecule has 1 aliphatic heterocycles. The molecule has 0 saturated carbocycles. The van der Waals surface area contributed by atoms with E-state index < -0.39 is 17.6 Å². The summed E-state index contributed by atoms with van der Waals surface area (Å²) in [6, 6.07) is 16.2. The van der Waals surface area contributed by atoms with Crippen LogP contribution in [0.5, 0.6) is 0 Å². The first-order valence-electron chi connectivity index (χ1n) is 11.8. The van der Waals surface area contributed by atoms with E-state index in [0.29, 0.717) is 26.1 Å². The molecule has 0 radical (unpaired) electrons. The van der Waals surface area contributed by atoms with E-state index in [1.165, 1.54) is 0 Å². The molecule has 0 spiro atoms. The van der Waals surface area contributed by atoms with Crippen molar-refractivity contribution >= 4 is 18.0 Å². The number of alkyl carbamates (subject to hydrolysis) is 1. The third-order valence-electron chi connectivity index (χ3n) is 6.46. The van der Waals surface area contributed by atoms with Crippen LogP contribution in [0, 0.1) is 0 Å². The lowest BCUT2D eigenvalue weighted by molar-refractivity contribution is -0.138. The molecule has 1 aliphatic carbocycles. The highest BCUT2D eigenvalue weighted by atomic mass is 16.5. The summed E-state index contributed by atoms with van der Waals surface area (Å²) in [6.07, 6.45) is -0.105. The molecule has 4 rings (SSSR count). The Morgan fingerprint density at radius 1 is 0.971 bits per heavy atom. The van der Waals surface area contributed by atoms with E-state index in [0.717, 1.165) is 22.3 Å². The number of hydrogen-bond donors (Lipinski definition) is 3. The molecule has 2 aromatic carbocycles. The maximum absolute atomic E-state index is 13.0. The summed E-state index contributed by atoms with van der Waals surface area (Å²) in [5.41, 5.74) is 3.37. The summed E-state index contributed by atoms with van der Waals surface area (Å²) >= 11 is 0. The highest BCUT2D eigenvalue weighted by Gasteiger charge is 2.42. The Labute approximate surface area is 203 Å². The largest absolute Gasteiger partial charge is 0.481 e. The predicted octanol–water partition coefficient (Wildman–Crippen LogP) is 2.68. The van der Waals surface area contributed by atoms with Crippen LogP contribution in [-0.4, -0.2) is 68.2 Å². The Morgan fingerprint density at radius 2 is 1.60 bits per heavy atom. The second-order valence-electron chi connectivity index (χ2n) is 8.66. The van der Waals surface area contributed by atoms with Gasteiger partial charge in [-0.3, -0.25) is 9.59 Å². The zero-order chi connectivity index (χ0) is 24.7. The number of carbonyl (C=O) groups is 3. The Bertz CT molecular complexity index is 1020. The van der Waals surface area contributed by atoms with Crippen molar-refractivity contribution in [2.45, 2.75) is 30.7 Å². The summed E-state index contributed by atoms with van der Waals surface area (Å²) in [6.45, 7) is 1.29. The number of amides is 2. The van der Waals surface area contributed by atoms with Gasteiger partial charge in [0.1, 0.15) is 12.1 Å². The molecule has 2 aromatic rings. The maximum Gasteiger partial charge on any atom is 0.408 e. The maximum atomic E-state index is 13.0. The molecule has 3 N–H and O–H groups in total. The average Bonchev–Trinajstić information content (AvgIpc) is 3.19. The fraction of sp³-hybridized carbons (Fsp3) is 0.423. The molecule has 186 valence electrons. The van der Waals surface area contributed by atoms with Crippen molar-refractivity contribution in [2.75, 3.05) is 39.6 Å². The van der Waals surface area contributed by atoms with E-state index in [-0.39, 0.29) is 44.6 Å². The Morgan fingerprint density at radius 3 is 2.23 bits per heavy atom. The van der Waals surface area contributed by atoms with E-state index in [2.05, 4.69) is 22.8 Å². The van der Waals surface area contributed by atoms with Crippen LogP contribution in [0.1, 0.15) is 36.3 Å². The molecule has 1 saturated heterocycles. The van der Waals surface area contributed by atoms with Crippen LogP contribution in [0.25, 0.3) is 11.1 Å². The molecular weight excluding hydrogens is 452 g/mol. The lowest BCUT2D eigenvalue weighted by atomic mass is 9.89. The van der Waals surface area contributed by atoms with Gasteiger partial charge < -0.3 is 30.0 Å². The summed E-state index contributed by atoms with van der Waals surface area (Å²) in [7, 11) is 0. The number of carbonyl (C=O) groups excluding carboxylic acids is 2. The number of benzene rings is 2. The van der Waals surface area contributed by atoms with E-state index in [1.54, 1.807) is 0 Å². The van der Waals surface area contributed by atoms with E-state index in [4.69, 9.17) is 19.3 Å². The highest BCUT2D eigenvalue weighted by Crippen LogP contribution is 2.44. The standard InChI is InChI=1S/C26H30N2O7/c29-23(30)9-13-33-16-12-27-24(31)26(10-14-34-15-11-26)28-25(32)35-17-22-20-7-3-1-5-18(20)19-6-2-4-8-21(19)22/h1-8,22H,9-17H2,(H,27,31)(H,28,32)(H,29,30). The van der Waals surface area contributed by atoms with Gasteiger partial charge in [0.05, 0.1) is 19.6 Å². The third kappa shape index (κ3) is 5.80. The van der Waals surface area contributed by atoms with Crippen LogP contribution in [0.3, 0.4) is 0 Å². The SMILES string of the molecule is O=C(O)CCOCCNC(=O)C1(NC(=O)OCC2c3ccccc3-c3ccccc32)CCOCC1. The van der Waals surface area contributed by atoms with Crippen molar-refractivity contribution < 1.29 is 33.7 Å². The van der Waals surface area contributed by atoms with Crippen LogP contribution >= 0.6 is 0 Å². The fourth-order valence-corrected chi connectivity index (χ4v) is 4.63. The first-order valence-corrected chi connectivity index (χ1v) is 11.8. The second-order valence-corrected chi connectivity index (χ2v) is 8.66. The third-order valence-corrected chi connectivity index (χ3v) is 6.46. The van der Waals surface area contributed by atoms with Crippen LogP contribution in [0.2, 0.25) is 0 Å². The minimum Gasteiger partial charge on any atom is -0.481 e. The number of nitrogens with one attached hydrogen (secondary N) is 2. The van der Waals surface area contributed by atoms with E-state index in [9.17, 15) is 14.4 Å². The lowest BCUT2D eigenvalue weighted by Crippen LogP contribution is -2.61. The fourth-order valence-electron chi connectivity index (χ4n) is 4.63. The first kappa shape index (κ1) is 24.7. The van der Waals surface area contributed by atoms with Crippen LogP contribution < -0.4 is 10.6 Å². The molecule has 9 heteroatoms. The van der Waals surface area contributed by atoms with Crippen molar-refractivity contribution in [3.63, 3.8) is 0 Å². The smallest absolute Gasteiger partial charge is 0.408 e. The number of aliphatic carboxylic acids is 1. The zero-order valence-electron chi connectivity index (χ0n) is 19.5. The summed E-state index contributed by atoms with van der Waals surface area (Å²) in [5.74, 6) is -1.35. The number of rotatable bonds is 10. The van der Waals surface area contributed by atoms with Crippen LogP contribution in [-0.2, 0) is 23.8 Å². The molecule has 0 aromatic heterocycles. The van der Waals surface area contributed by atoms with E-state index in [1.807, 2.05) is 36.4 Å². The van der Waals surface area contributed by atoms with Gasteiger partial charge in [0.25, 0.3) is 0 Å². The van der Waals surface area contributed by atoms with Gasteiger partial charge in [0.15, 0.2) is 0 Å².